The van der Waals surface area contributed by atoms with Gasteiger partial charge in [-0.15, -0.1) is 0 Å². The van der Waals surface area contributed by atoms with Gasteiger partial charge in [0.15, 0.2) is 0 Å². The molecule has 0 saturated heterocycles. The van der Waals surface area contributed by atoms with Crippen LogP contribution in [0, 0.1) is 10.1 Å². The monoisotopic (exact) mass is 198 g/mol. The van der Waals surface area contributed by atoms with Crippen molar-refractivity contribution in [3.8, 4) is 0 Å². The molecule has 1 atom stereocenters. The molecule has 1 aromatic rings. The maximum atomic E-state index is 10.2. The summed E-state index contributed by atoms with van der Waals surface area (Å²) in [4.78, 5) is 9.97. The van der Waals surface area contributed by atoms with Crippen LogP contribution in [0.2, 0.25) is 0 Å². The molecule has 0 fully saturated rings. The van der Waals surface area contributed by atoms with Gasteiger partial charge in [0.2, 0.25) is 0 Å². The quantitative estimate of drug-likeness (QED) is 0.419. The Hall–Kier alpha value is -1.03. The fourth-order valence-corrected chi connectivity index (χ4v) is 2.30. The van der Waals surface area contributed by atoms with E-state index in [0.29, 0.717) is 0 Å². The molecule has 0 heterocycles. The summed E-state index contributed by atoms with van der Waals surface area (Å²) >= 11 is 0. The van der Waals surface area contributed by atoms with Crippen LogP contribution in [0.5, 0.6) is 0 Å². The van der Waals surface area contributed by atoms with Crippen molar-refractivity contribution in [1.29, 1.82) is 0 Å². The van der Waals surface area contributed by atoms with Crippen LogP contribution >= 0.6 is 0 Å². The molecular formula is C9H12NO2S+. The molecular weight excluding hydrogens is 186 g/mol. The van der Waals surface area contributed by atoms with Gasteiger partial charge in [-0.05, 0) is 0 Å². The van der Waals surface area contributed by atoms with Gasteiger partial charge in [-0.25, -0.2) is 0 Å². The SMILES string of the molecule is C[S+](Cc1ccccc1)C[N+](=O)[O-]. The van der Waals surface area contributed by atoms with E-state index in [9.17, 15) is 10.1 Å². The summed E-state index contributed by atoms with van der Waals surface area (Å²) in [6.07, 6.45) is 1.93. The van der Waals surface area contributed by atoms with Crippen molar-refractivity contribution < 1.29 is 4.92 Å². The fraction of sp³-hybridized carbons (Fsp3) is 0.333. The van der Waals surface area contributed by atoms with E-state index in [1.807, 2.05) is 36.6 Å². The molecule has 0 aromatic heterocycles. The van der Waals surface area contributed by atoms with Crippen molar-refractivity contribution in [2.24, 2.45) is 0 Å². The second-order valence-corrected chi connectivity index (χ2v) is 4.98. The van der Waals surface area contributed by atoms with Gasteiger partial charge in [-0.1, -0.05) is 30.3 Å². The maximum absolute atomic E-state index is 10.2. The van der Waals surface area contributed by atoms with Crippen LogP contribution in [-0.4, -0.2) is 17.1 Å². The largest absolute Gasteiger partial charge is 0.350 e. The highest BCUT2D eigenvalue weighted by atomic mass is 32.2. The van der Waals surface area contributed by atoms with Gasteiger partial charge in [0, 0.05) is 5.56 Å². The smallest absolute Gasteiger partial charge is 0.260 e. The van der Waals surface area contributed by atoms with Gasteiger partial charge in [-0.3, -0.25) is 10.1 Å². The highest BCUT2D eigenvalue weighted by Gasteiger charge is 2.17. The third-order valence-electron chi connectivity index (χ3n) is 1.58. The maximum Gasteiger partial charge on any atom is 0.350 e. The van der Waals surface area contributed by atoms with Crippen LogP contribution in [0.25, 0.3) is 0 Å². The van der Waals surface area contributed by atoms with Crippen molar-refractivity contribution >= 4 is 10.9 Å². The second kappa shape index (κ2) is 4.87. The van der Waals surface area contributed by atoms with Gasteiger partial charge in [0.05, 0.1) is 15.8 Å². The van der Waals surface area contributed by atoms with E-state index in [2.05, 4.69) is 0 Å². The second-order valence-electron chi connectivity index (χ2n) is 2.87. The summed E-state index contributed by atoms with van der Waals surface area (Å²) in [7, 11) is -0.150. The number of nitrogens with zero attached hydrogens (tertiary/aromatic N) is 1. The topological polar surface area (TPSA) is 43.1 Å². The van der Waals surface area contributed by atoms with Gasteiger partial charge in [0.25, 0.3) is 0 Å². The molecule has 0 spiro atoms. The summed E-state index contributed by atoms with van der Waals surface area (Å²) in [5.41, 5.74) is 1.18. The standard InChI is InChI=1S/C9H12NO2S/c1-13(8-10(11)12)7-9-5-3-2-4-6-9/h2-6H,7-8H2,1H3/q+1. The summed E-state index contributed by atoms with van der Waals surface area (Å²) in [6, 6.07) is 9.87. The summed E-state index contributed by atoms with van der Waals surface area (Å²) in [5.74, 6) is 0.886. The van der Waals surface area contributed by atoms with Crippen molar-refractivity contribution in [2.75, 3.05) is 12.1 Å². The van der Waals surface area contributed by atoms with E-state index < -0.39 is 0 Å². The van der Waals surface area contributed by atoms with E-state index in [1.54, 1.807) is 0 Å². The van der Waals surface area contributed by atoms with Crippen LogP contribution in [0.4, 0.5) is 0 Å². The molecule has 0 N–H and O–H groups in total. The lowest BCUT2D eigenvalue weighted by molar-refractivity contribution is -0.457. The molecule has 1 rings (SSSR count). The molecule has 0 saturated carbocycles. The zero-order chi connectivity index (χ0) is 9.68. The van der Waals surface area contributed by atoms with Crippen molar-refractivity contribution in [2.45, 2.75) is 5.75 Å². The Morgan fingerprint density at radius 1 is 1.38 bits per heavy atom. The lowest BCUT2D eigenvalue weighted by Crippen LogP contribution is -2.15. The summed E-state index contributed by atoms with van der Waals surface area (Å²) in [6.45, 7) is 0. The minimum absolute atomic E-state index is 0.0783. The Bertz CT molecular complexity index is 276. The van der Waals surface area contributed by atoms with Gasteiger partial charge in [-0.2, -0.15) is 0 Å². The lowest BCUT2D eigenvalue weighted by Gasteiger charge is -1.98. The molecule has 3 nitrogen and oxygen atoms in total. The molecule has 0 aliphatic carbocycles. The van der Waals surface area contributed by atoms with Gasteiger partial charge < -0.3 is 0 Å². The molecule has 13 heavy (non-hydrogen) atoms. The third kappa shape index (κ3) is 3.94. The number of nitro groups is 1. The summed E-state index contributed by atoms with van der Waals surface area (Å²) < 4.78 is 0. The Morgan fingerprint density at radius 3 is 2.54 bits per heavy atom. The molecule has 4 heteroatoms. The van der Waals surface area contributed by atoms with Crippen LogP contribution in [-0.2, 0) is 16.6 Å². The Kier molecular flexibility index (Phi) is 3.76. The molecule has 1 unspecified atom stereocenters. The van der Waals surface area contributed by atoms with Crippen molar-refractivity contribution in [1.82, 2.24) is 0 Å². The first kappa shape index (κ1) is 10.1. The van der Waals surface area contributed by atoms with E-state index in [0.717, 1.165) is 5.75 Å². The predicted octanol–water partition coefficient (Wildman–Crippen LogP) is 1.67. The van der Waals surface area contributed by atoms with Crippen molar-refractivity contribution in [3.63, 3.8) is 0 Å². The highest BCUT2D eigenvalue weighted by Crippen LogP contribution is 2.06. The zero-order valence-corrected chi connectivity index (χ0v) is 8.29. The van der Waals surface area contributed by atoms with Crippen molar-refractivity contribution in [3.05, 3.63) is 46.0 Å². The average molecular weight is 198 g/mol. The van der Waals surface area contributed by atoms with Crippen LogP contribution in [0.1, 0.15) is 5.56 Å². The third-order valence-corrected chi connectivity index (χ3v) is 3.06. The number of hydrogen-bond acceptors (Lipinski definition) is 2. The van der Waals surface area contributed by atoms with E-state index >= 15 is 0 Å². The van der Waals surface area contributed by atoms with E-state index in [-0.39, 0.29) is 21.7 Å². The first-order chi connectivity index (χ1) is 6.18. The van der Waals surface area contributed by atoms with E-state index in [4.69, 9.17) is 0 Å². The predicted molar refractivity (Wildman–Crippen MR) is 55.3 cm³/mol. The fourth-order valence-electron chi connectivity index (χ4n) is 1.08. The number of rotatable bonds is 4. The molecule has 0 bridgehead atoms. The van der Waals surface area contributed by atoms with Gasteiger partial charge in [0.1, 0.15) is 12.0 Å². The van der Waals surface area contributed by atoms with Gasteiger partial charge >= 0.3 is 5.88 Å². The van der Waals surface area contributed by atoms with Crippen LogP contribution < -0.4 is 0 Å². The molecule has 0 radical (unpaired) electrons. The first-order valence-corrected chi connectivity index (χ1v) is 5.90. The average Bonchev–Trinajstić information content (AvgIpc) is 2.04. The molecule has 0 aliphatic rings. The normalized spacial score (nSPS) is 12.4. The van der Waals surface area contributed by atoms with Crippen LogP contribution in [0.15, 0.2) is 30.3 Å². The molecule has 70 valence electrons. The number of benzene rings is 1. The minimum atomic E-state index is -0.244. The lowest BCUT2D eigenvalue weighted by atomic mass is 10.2. The molecule has 0 aliphatic heterocycles. The van der Waals surface area contributed by atoms with Crippen LogP contribution in [0.3, 0.4) is 0 Å². The zero-order valence-electron chi connectivity index (χ0n) is 7.47. The van der Waals surface area contributed by atoms with E-state index in [1.165, 1.54) is 5.56 Å². The minimum Gasteiger partial charge on any atom is -0.260 e. The Balaban J connectivity index is 2.45. The highest BCUT2D eigenvalue weighted by molar-refractivity contribution is 7.95. The Morgan fingerprint density at radius 2 is 2.00 bits per heavy atom. The Labute approximate surface area is 80.3 Å². The summed E-state index contributed by atoms with van der Waals surface area (Å²) in [5, 5.41) is 10.2. The number of hydrogen-bond donors (Lipinski definition) is 0. The molecule has 1 aromatic carbocycles. The molecule has 0 amide bonds. The first-order valence-electron chi connectivity index (χ1n) is 3.93.